The van der Waals surface area contributed by atoms with Crippen molar-refractivity contribution in [1.82, 2.24) is 15.6 Å². The number of hydrogen-bond acceptors (Lipinski definition) is 4. The van der Waals surface area contributed by atoms with Gasteiger partial charge in [0, 0.05) is 23.2 Å². The molecule has 1 saturated heterocycles. The van der Waals surface area contributed by atoms with Crippen molar-refractivity contribution in [3.05, 3.63) is 77.2 Å². The van der Waals surface area contributed by atoms with Crippen LogP contribution in [0, 0.1) is 12.7 Å². The lowest BCUT2D eigenvalue weighted by Gasteiger charge is -2.27. The van der Waals surface area contributed by atoms with Crippen LogP contribution in [0.25, 0.3) is 17.0 Å². The molecule has 32 heavy (non-hydrogen) atoms. The third-order valence-electron chi connectivity index (χ3n) is 6.49. The fourth-order valence-electron chi connectivity index (χ4n) is 4.28. The maximum Gasteiger partial charge on any atom is 0.252 e. The zero-order valence-electron chi connectivity index (χ0n) is 18.1. The molecule has 0 bridgehead atoms. The number of carbonyl (C=O) groups excluding carboxylic acids is 1. The minimum Gasteiger partial charge on any atom is -0.489 e. The second kappa shape index (κ2) is 8.02. The zero-order chi connectivity index (χ0) is 22.3. The highest BCUT2D eigenvalue weighted by atomic mass is 19.1. The molecule has 6 heteroatoms. The van der Waals surface area contributed by atoms with Gasteiger partial charge >= 0.3 is 0 Å². The second-order valence-electron chi connectivity index (χ2n) is 8.73. The minimum atomic E-state index is -0.463. The summed E-state index contributed by atoms with van der Waals surface area (Å²) in [6.07, 6.45) is 6.23. The molecular weight excluding hydrogens is 405 g/mol. The molecule has 2 heterocycles. The molecule has 0 radical (unpaired) electrons. The highest BCUT2D eigenvalue weighted by Crippen LogP contribution is 2.48. The van der Waals surface area contributed by atoms with Gasteiger partial charge in [0.15, 0.2) is 11.6 Å². The summed E-state index contributed by atoms with van der Waals surface area (Å²) in [7, 11) is 0. The van der Waals surface area contributed by atoms with Gasteiger partial charge in [0.2, 0.25) is 0 Å². The number of aryl methyl sites for hydroxylation is 1. The predicted molar refractivity (Wildman–Crippen MR) is 123 cm³/mol. The third kappa shape index (κ3) is 3.75. The van der Waals surface area contributed by atoms with E-state index in [9.17, 15) is 9.18 Å². The summed E-state index contributed by atoms with van der Waals surface area (Å²) in [4.78, 5) is 17.8. The summed E-state index contributed by atoms with van der Waals surface area (Å²) >= 11 is 0. The van der Waals surface area contributed by atoms with E-state index in [1.807, 2.05) is 18.2 Å². The normalized spacial score (nSPS) is 18.6. The number of rotatable bonds is 7. The van der Waals surface area contributed by atoms with Gasteiger partial charge < -0.3 is 15.4 Å². The quantitative estimate of drug-likeness (QED) is 0.579. The molecule has 1 aromatic heterocycles. The van der Waals surface area contributed by atoms with Gasteiger partial charge in [0.1, 0.15) is 6.61 Å². The predicted octanol–water partition coefficient (Wildman–Crippen LogP) is 4.49. The Balaban J connectivity index is 1.44. The number of amides is 1. The molecule has 1 saturated carbocycles. The molecule has 5 rings (SSSR count). The molecule has 164 valence electrons. The Kier molecular flexibility index (Phi) is 5.18. The monoisotopic (exact) mass is 431 g/mol. The molecule has 2 aromatic carbocycles. The summed E-state index contributed by atoms with van der Waals surface area (Å²) in [5.74, 6) is -0.564. The largest absolute Gasteiger partial charge is 0.489 e. The Labute approximate surface area is 186 Å². The van der Waals surface area contributed by atoms with Gasteiger partial charge in [-0.25, -0.2) is 4.39 Å². The number of aromatic nitrogens is 1. The van der Waals surface area contributed by atoms with E-state index >= 15 is 0 Å². The van der Waals surface area contributed by atoms with Crippen LogP contribution in [0.3, 0.4) is 0 Å². The van der Waals surface area contributed by atoms with Crippen molar-refractivity contribution in [1.29, 1.82) is 0 Å². The Morgan fingerprint density at radius 2 is 2.19 bits per heavy atom. The maximum absolute atomic E-state index is 14.4. The van der Waals surface area contributed by atoms with E-state index in [-0.39, 0.29) is 17.7 Å². The van der Waals surface area contributed by atoms with Crippen LogP contribution in [-0.2, 0) is 5.54 Å². The Morgan fingerprint density at radius 3 is 2.88 bits per heavy atom. The third-order valence-corrected chi connectivity index (χ3v) is 6.49. The Bertz CT molecular complexity index is 1220. The topological polar surface area (TPSA) is 63.2 Å². The van der Waals surface area contributed by atoms with Crippen molar-refractivity contribution in [2.24, 2.45) is 0 Å². The summed E-state index contributed by atoms with van der Waals surface area (Å²) in [6.45, 7) is 6.98. The minimum absolute atomic E-state index is 0.114. The number of nitrogens with one attached hydrogen (secondary N) is 2. The molecule has 2 aliphatic rings. The highest BCUT2D eigenvalue weighted by molar-refractivity contribution is 5.97. The van der Waals surface area contributed by atoms with Crippen LogP contribution < -0.4 is 15.4 Å². The molecule has 1 amide bonds. The van der Waals surface area contributed by atoms with Gasteiger partial charge in [-0.2, -0.15) is 0 Å². The Hall–Kier alpha value is -3.25. The Morgan fingerprint density at radius 1 is 1.38 bits per heavy atom. The first-order chi connectivity index (χ1) is 15.5. The molecule has 1 unspecified atom stereocenters. The number of nitrogens with zero attached hydrogens (tertiary/aromatic N) is 1. The molecule has 5 nitrogen and oxygen atoms in total. The van der Waals surface area contributed by atoms with E-state index < -0.39 is 11.4 Å². The average Bonchev–Trinajstić information content (AvgIpc) is 3.53. The number of benzene rings is 2. The van der Waals surface area contributed by atoms with Gasteiger partial charge in [-0.05, 0) is 79.8 Å². The van der Waals surface area contributed by atoms with Crippen molar-refractivity contribution in [3.8, 4) is 5.75 Å². The van der Waals surface area contributed by atoms with Crippen molar-refractivity contribution in [3.63, 3.8) is 0 Å². The number of hydrogen-bond donors (Lipinski definition) is 2. The SMILES string of the molecule is C=Cc1cc(C2(NC(=O)c3cc(OCC4CCN4)c(F)cc3C)CC2)c2cccnc2c1. The summed E-state index contributed by atoms with van der Waals surface area (Å²) < 4.78 is 20.1. The van der Waals surface area contributed by atoms with E-state index in [2.05, 4.69) is 28.3 Å². The standard InChI is InChI=1S/C26H26FN3O2/c1-3-17-12-21(19-5-4-9-29-23(19)13-17)26(7-8-26)30-25(31)20-14-24(22(27)11-16(20)2)32-15-18-6-10-28-18/h3-5,9,11-14,18,28H,1,6-8,10,15H2,2H3,(H,30,31). The lowest BCUT2D eigenvalue weighted by atomic mass is 9.95. The van der Waals surface area contributed by atoms with Crippen LogP contribution in [0.5, 0.6) is 5.75 Å². The highest BCUT2D eigenvalue weighted by Gasteiger charge is 2.47. The first-order valence-corrected chi connectivity index (χ1v) is 11.0. The van der Waals surface area contributed by atoms with E-state index in [0.29, 0.717) is 17.7 Å². The molecular formula is C26H26FN3O2. The van der Waals surface area contributed by atoms with Crippen molar-refractivity contribution >= 4 is 22.9 Å². The number of ether oxygens (including phenoxy) is 1. The van der Waals surface area contributed by atoms with Crippen LogP contribution in [0.2, 0.25) is 0 Å². The van der Waals surface area contributed by atoms with Crippen LogP contribution in [-0.4, -0.2) is 30.1 Å². The van der Waals surface area contributed by atoms with Crippen molar-refractivity contribution < 1.29 is 13.9 Å². The van der Waals surface area contributed by atoms with Gasteiger partial charge in [-0.1, -0.05) is 18.7 Å². The summed E-state index contributed by atoms with van der Waals surface area (Å²) in [6, 6.07) is 11.1. The number of pyridine rings is 1. The van der Waals surface area contributed by atoms with E-state index in [1.54, 1.807) is 19.2 Å². The zero-order valence-corrected chi connectivity index (χ0v) is 18.1. The molecule has 1 aliphatic heterocycles. The van der Waals surface area contributed by atoms with Crippen molar-refractivity contribution in [2.75, 3.05) is 13.2 Å². The summed E-state index contributed by atoms with van der Waals surface area (Å²) in [5, 5.41) is 7.47. The first-order valence-electron chi connectivity index (χ1n) is 11.0. The summed E-state index contributed by atoms with van der Waals surface area (Å²) in [5.41, 5.74) is 3.42. The van der Waals surface area contributed by atoms with Crippen molar-refractivity contribution in [2.45, 2.75) is 37.8 Å². The van der Waals surface area contributed by atoms with Gasteiger partial charge in [0.05, 0.1) is 11.1 Å². The lowest BCUT2D eigenvalue weighted by Crippen LogP contribution is -2.46. The van der Waals surface area contributed by atoms with E-state index in [1.165, 1.54) is 12.1 Å². The molecule has 2 fully saturated rings. The van der Waals surface area contributed by atoms with Gasteiger partial charge in [0.25, 0.3) is 5.91 Å². The fraction of sp³-hybridized carbons (Fsp3) is 0.308. The fourth-order valence-corrected chi connectivity index (χ4v) is 4.28. The van der Waals surface area contributed by atoms with Gasteiger partial charge in [-0.15, -0.1) is 0 Å². The lowest BCUT2D eigenvalue weighted by molar-refractivity contribution is 0.0929. The molecule has 1 atom stereocenters. The average molecular weight is 432 g/mol. The van der Waals surface area contributed by atoms with Crippen LogP contribution >= 0.6 is 0 Å². The van der Waals surface area contributed by atoms with Crippen LogP contribution in [0.1, 0.15) is 46.3 Å². The number of carbonyl (C=O) groups is 1. The van der Waals surface area contributed by atoms with Gasteiger partial charge in [-0.3, -0.25) is 9.78 Å². The number of halogens is 1. The van der Waals surface area contributed by atoms with E-state index in [4.69, 9.17) is 4.74 Å². The molecule has 3 aromatic rings. The smallest absolute Gasteiger partial charge is 0.252 e. The second-order valence-corrected chi connectivity index (χ2v) is 8.73. The first kappa shape index (κ1) is 20.6. The molecule has 2 N–H and O–H groups in total. The number of fused-ring (bicyclic) bond motifs is 1. The molecule has 0 spiro atoms. The maximum atomic E-state index is 14.4. The molecule has 1 aliphatic carbocycles. The van der Waals surface area contributed by atoms with Crippen LogP contribution in [0.15, 0.2) is 49.2 Å². The van der Waals surface area contributed by atoms with Crippen LogP contribution in [0.4, 0.5) is 4.39 Å². The van der Waals surface area contributed by atoms with E-state index in [0.717, 1.165) is 47.8 Å².